The van der Waals surface area contributed by atoms with Gasteiger partial charge in [0, 0.05) is 55.0 Å². The number of primary amides is 1. The van der Waals surface area contributed by atoms with Crippen LogP contribution in [0.25, 0.3) is 10.9 Å². The predicted molar refractivity (Wildman–Crippen MR) is 115 cm³/mol. The summed E-state index contributed by atoms with van der Waals surface area (Å²) < 4.78 is 15.8. The summed E-state index contributed by atoms with van der Waals surface area (Å²) in [6.07, 6.45) is 2.24. The highest BCUT2D eigenvalue weighted by Crippen LogP contribution is 2.33. The van der Waals surface area contributed by atoms with Gasteiger partial charge in [-0.05, 0) is 55.8 Å². The Bertz CT molecular complexity index is 1040. The number of nitrogens with zero attached hydrogens (tertiary/aromatic N) is 2. The number of aromatic nitrogens is 1. The van der Waals surface area contributed by atoms with Gasteiger partial charge in [0.2, 0.25) is 5.91 Å². The van der Waals surface area contributed by atoms with E-state index in [4.69, 9.17) is 5.73 Å². The highest BCUT2D eigenvalue weighted by Gasteiger charge is 2.24. The van der Waals surface area contributed by atoms with Crippen LogP contribution in [0.4, 0.5) is 4.39 Å². The maximum atomic E-state index is 13.4. The van der Waals surface area contributed by atoms with Crippen LogP contribution in [0, 0.1) is 12.7 Å². The first-order chi connectivity index (χ1) is 13.9. The molecule has 5 heteroatoms. The Morgan fingerprint density at radius 3 is 2.59 bits per heavy atom. The number of amides is 1. The Kier molecular flexibility index (Phi) is 5.41. The van der Waals surface area contributed by atoms with E-state index in [0.717, 1.165) is 31.5 Å². The molecule has 4 nitrogen and oxygen atoms in total. The number of carbonyl (C=O) groups excluding carboxylic acids is 1. The molecule has 2 aromatic carbocycles. The van der Waals surface area contributed by atoms with Crippen molar-refractivity contribution in [3.8, 4) is 0 Å². The highest BCUT2D eigenvalue weighted by molar-refractivity contribution is 5.86. The van der Waals surface area contributed by atoms with Gasteiger partial charge >= 0.3 is 0 Å². The van der Waals surface area contributed by atoms with Gasteiger partial charge in [0.05, 0.1) is 0 Å². The van der Waals surface area contributed by atoms with Crippen LogP contribution >= 0.6 is 0 Å². The predicted octanol–water partition coefficient (Wildman–Crippen LogP) is 3.78. The lowest BCUT2D eigenvalue weighted by molar-refractivity contribution is -0.118. The third kappa shape index (κ3) is 4.06. The topological polar surface area (TPSA) is 51.3 Å². The quantitative estimate of drug-likeness (QED) is 0.717. The molecule has 1 unspecified atom stereocenters. The van der Waals surface area contributed by atoms with Gasteiger partial charge in [-0.25, -0.2) is 4.39 Å². The van der Waals surface area contributed by atoms with Gasteiger partial charge in [-0.3, -0.25) is 4.79 Å². The lowest BCUT2D eigenvalue weighted by atomic mass is 9.95. The summed E-state index contributed by atoms with van der Waals surface area (Å²) in [6, 6.07) is 13.1. The van der Waals surface area contributed by atoms with Crippen LogP contribution in [0.2, 0.25) is 0 Å². The van der Waals surface area contributed by atoms with Crippen molar-refractivity contribution in [2.24, 2.45) is 5.73 Å². The Labute approximate surface area is 171 Å². The van der Waals surface area contributed by atoms with Crippen LogP contribution < -0.4 is 5.73 Å². The summed E-state index contributed by atoms with van der Waals surface area (Å²) in [5.74, 6) is -0.696. The molecule has 1 aliphatic heterocycles. The largest absolute Gasteiger partial charge is 0.370 e. The fraction of sp³-hybridized carbons (Fsp3) is 0.375. The van der Waals surface area contributed by atoms with E-state index in [1.165, 1.54) is 39.9 Å². The first-order valence-electron chi connectivity index (χ1n) is 10.3. The minimum Gasteiger partial charge on any atom is -0.370 e. The van der Waals surface area contributed by atoms with Gasteiger partial charge in [0.1, 0.15) is 5.82 Å². The lowest BCUT2D eigenvalue weighted by Crippen LogP contribution is -2.22. The molecular formula is C24H28FN3O. The van der Waals surface area contributed by atoms with Crippen molar-refractivity contribution in [1.82, 2.24) is 9.47 Å². The Hall–Kier alpha value is -2.66. The zero-order valence-corrected chi connectivity index (χ0v) is 17.1. The number of rotatable bonds is 5. The molecule has 1 atom stereocenters. The Morgan fingerprint density at radius 2 is 1.86 bits per heavy atom. The van der Waals surface area contributed by atoms with Crippen LogP contribution in [0.15, 0.2) is 42.5 Å². The normalized spacial score (nSPS) is 15.8. The van der Waals surface area contributed by atoms with E-state index in [1.54, 1.807) is 12.1 Å². The molecule has 2 N–H and O–H groups in total. The van der Waals surface area contributed by atoms with Gasteiger partial charge < -0.3 is 15.2 Å². The maximum Gasteiger partial charge on any atom is 0.218 e. The molecule has 1 aliphatic rings. The number of halogens is 1. The van der Waals surface area contributed by atoms with Crippen molar-refractivity contribution in [3.63, 3.8) is 0 Å². The minimum atomic E-state index is -0.336. The number of benzene rings is 2. The number of hydrogen-bond donors (Lipinski definition) is 1. The zero-order valence-electron chi connectivity index (χ0n) is 17.1. The van der Waals surface area contributed by atoms with Crippen molar-refractivity contribution in [2.75, 3.05) is 20.1 Å². The van der Waals surface area contributed by atoms with Crippen LogP contribution in [0.3, 0.4) is 0 Å². The fourth-order valence-electron chi connectivity index (χ4n) is 4.56. The summed E-state index contributed by atoms with van der Waals surface area (Å²) in [6.45, 7) is 4.84. The first kappa shape index (κ1) is 19.6. The molecule has 0 aliphatic carbocycles. The summed E-state index contributed by atoms with van der Waals surface area (Å²) in [5.41, 5.74) is 11.8. The number of fused-ring (bicyclic) bond motifs is 3. The van der Waals surface area contributed by atoms with Crippen molar-refractivity contribution >= 4 is 16.8 Å². The van der Waals surface area contributed by atoms with E-state index in [2.05, 4.69) is 41.6 Å². The molecule has 0 fully saturated rings. The number of aryl methyl sites for hydroxylation is 1. The minimum absolute atomic E-state index is 0.0879. The molecule has 152 valence electrons. The zero-order chi connectivity index (χ0) is 20.5. The molecule has 4 rings (SSSR count). The smallest absolute Gasteiger partial charge is 0.218 e. The van der Waals surface area contributed by atoms with Gasteiger partial charge in [0.25, 0.3) is 0 Å². The summed E-state index contributed by atoms with van der Waals surface area (Å²) in [7, 11) is 2.16. The summed E-state index contributed by atoms with van der Waals surface area (Å²) in [5, 5.41) is 1.31. The van der Waals surface area contributed by atoms with Crippen molar-refractivity contribution < 1.29 is 9.18 Å². The van der Waals surface area contributed by atoms with Crippen molar-refractivity contribution in [3.05, 3.63) is 70.7 Å². The monoisotopic (exact) mass is 393 g/mol. The summed E-state index contributed by atoms with van der Waals surface area (Å²) >= 11 is 0. The molecule has 1 amide bonds. The molecule has 0 radical (unpaired) electrons. The molecule has 2 heterocycles. The number of carbonyl (C=O) groups is 1. The van der Waals surface area contributed by atoms with Gasteiger partial charge in [-0.2, -0.15) is 0 Å². The van der Waals surface area contributed by atoms with Gasteiger partial charge in [-0.15, -0.1) is 0 Å². The second-order valence-corrected chi connectivity index (χ2v) is 8.28. The Morgan fingerprint density at radius 1 is 1.14 bits per heavy atom. The van der Waals surface area contributed by atoms with E-state index in [0.29, 0.717) is 6.54 Å². The lowest BCUT2D eigenvalue weighted by Gasteiger charge is -2.20. The van der Waals surface area contributed by atoms with Crippen molar-refractivity contribution in [1.29, 1.82) is 0 Å². The Balaban J connectivity index is 1.81. The number of likely N-dealkylation sites (N-methyl/N-ethyl adjacent to an activating group) is 1. The van der Waals surface area contributed by atoms with E-state index >= 15 is 0 Å². The van der Waals surface area contributed by atoms with E-state index in [-0.39, 0.29) is 24.1 Å². The average molecular weight is 394 g/mol. The van der Waals surface area contributed by atoms with Gasteiger partial charge in [-0.1, -0.05) is 23.8 Å². The molecular weight excluding hydrogens is 365 g/mol. The van der Waals surface area contributed by atoms with Crippen LogP contribution in [0.5, 0.6) is 0 Å². The fourth-order valence-corrected chi connectivity index (χ4v) is 4.56. The molecule has 29 heavy (non-hydrogen) atoms. The van der Waals surface area contributed by atoms with E-state index < -0.39 is 0 Å². The van der Waals surface area contributed by atoms with E-state index in [1.807, 2.05) is 0 Å². The van der Waals surface area contributed by atoms with Crippen LogP contribution in [-0.4, -0.2) is 35.5 Å². The van der Waals surface area contributed by atoms with Crippen LogP contribution in [-0.2, 0) is 24.2 Å². The number of nitrogens with two attached hydrogens (primary N) is 1. The van der Waals surface area contributed by atoms with E-state index in [9.17, 15) is 9.18 Å². The van der Waals surface area contributed by atoms with Gasteiger partial charge in [0.15, 0.2) is 0 Å². The second-order valence-electron chi connectivity index (χ2n) is 8.28. The third-order valence-corrected chi connectivity index (χ3v) is 6.11. The van der Waals surface area contributed by atoms with Crippen LogP contribution in [0.1, 0.15) is 34.7 Å². The molecule has 1 aromatic heterocycles. The molecule has 0 saturated heterocycles. The highest BCUT2D eigenvalue weighted by atomic mass is 19.1. The first-order valence-corrected chi connectivity index (χ1v) is 10.3. The summed E-state index contributed by atoms with van der Waals surface area (Å²) in [4.78, 5) is 14.2. The molecule has 0 bridgehead atoms. The molecule has 0 spiro atoms. The maximum absolute atomic E-state index is 13.4. The van der Waals surface area contributed by atoms with Crippen molar-refractivity contribution in [2.45, 2.75) is 38.6 Å². The average Bonchev–Trinajstić information content (AvgIpc) is 2.81. The third-order valence-electron chi connectivity index (χ3n) is 6.11. The molecule has 3 aromatic rings. The standard InChI is InChI=1S/C24H28FN3O/c1-16-3-8-22-21(13-16)20-9-11-27(2)12-10-23(20)28(22)15-18(14-24(26)29)17-4-6-19(25)7-5-17/h3-8,13,18H,9-12,14-15H2,1-2H3,(H2,26,29). The number of hydrogen-bond acceptors (Lipinski definition) is 2. The second kappa shape index (κ2) is 7.99. The molecule has 0 saturated carbocycles. The SMILES string of the molecule is Cc1ccc2c(c1)c1c(n2CC(CC(N)=O)c2ccc(F)cc2)CCN(C)CC1.